The van der Waals surface area contributed by atoms with Gasteiger partial charge in [-0.2, -0.15) is 0 Å². The molecule has 0 spiro atoms. The number of nitrogens with zero attached hydrogens (tertiary/aromatic N) is 2. The van der Waals surface area contributed by atoms with Gasteiger partial charge in [0.05, 0.1) is 12.8 Å². The van der Waals surface area contributed by atoms with Crippen molar-refractivity contribution in [3.63, 3.8) is 0 Å². The highest BCUT2D eigenvalue weighted by molar-refractivity contribution is 5.93. The van der Waals surface area contributed by atoms with Crippen LogP contribution in [0.4, 0.5) is 0 Å². The molecule has 0 aliphatic carbocycles. The zero-order valence-corrected chi connectivity index (χ0v) is 12.8. The number of fused-ring (bicyclic) bond motifs is 1. The van der Waals surface area contributed by atoms with Crippen LogP contribution in [0.1, 0.15) is 16.1 Å². The highest BCUT2D eigenvalue weighted by Crippen LogP contribution is 2.29. The Bertz CT molecular complexity index is 965. The third-order valence-corrected chi connectivity index (χ3v) is 3.41. The molecule has 1 N–H and O–H groups in total. The maximum Gasteiger partial charge on any atom is 0.342 e. The lowest BCUT2D eigenvalue weighted by Crippen LogP contribution is -2.16. The summed E-state index contributed by atoms with van der Waals surface area (Å²) in [6.07, 6.45) is 1.61. The minimum atomic E-state index is -0.735. The van der Waals surface area contributed by atoms with Crippen LogP contribution in [0.2, 0.25) is 0 Å². The standard InChI is InChI=1S/C17H14N2O5/c1-23-13-6-4-5-12(16(13)21)17(22)24-10-11-9-15(20)19-8-3-2-7-14(19)18-11/h2-9,21H,10H2,1H3. The lowest BCUT2D eigenvalue weighted by Gasteiger charge is -2.09. The summed E-state index contributed by atoms with van der Waals surface area (Å²) in [4.78, 5) is 28.3. The molecule has 0 bridgehead atoms. The molecule has 3 aromatic rings. The van der Waals surface area contributed by atoms with Gasteiger partial charge in [-0.15, -0.1) is 0 Å². The lowest BCUT2D eigenvalue weighted by atomic mass is 10.2. The molecule has 0 aliphatic rings. The first-order chi connectivity index (χ1) is 11.6. The molecule has 1 aromatic carbocycles. The van der Waals surface area contributed by atoms with E-state index in [9.17, 15) is 14.7 Å². The number of aromatic nitrogens is 2. The van der Waals surface area contributed by atoms with Crippen molar-refractivity contribution in [3.8, 4) is 11.5 Å². The van der Waals surface area contributed by atoms with Gasteiger partial charge < -0.3 is 14.6 Å². The van der Waals surface area contributed by atoms with E-state index in [2.05, 4.69) is 4.98 Å². The van der Waals surface area contributed by atoms with Gasteiger partial charge in [0, 0.05) is 12.3 Å². The number of ether oxygens (including phenoxy) is 2. The molecule has 0 fully saturated rings. The van der Waals surface area contributed by atoms with Gasteiger partial charge in [0.15, 0.2) is 11.5 Å². The Morgan fingerprint density at radius 2 is 2.08 bits per heavy atom. The van der Waals surface area contributed by atoms with E-state index in [1.807, 2.05) is 0 Å². The van der Waals surface area contributed by atoms with Crippen molar-refractivity contribution in [2.75, 3.05) is 7.11 Å². The fraction of sp³-hybridized carbons (Fsp3) is 0.118. The first-order valence-corrected chi connectivity index (χ1v) is 7.10. The van der Waals surface area contributed by atoms with Gasteiger partial charge in [-0.25, -0.2) is 9.78 Å². The van der Waals surface area contributed by atoms with E-state index >= 15 is 0 Å². The Hall–Kier alpha value is -3.35. The molecule has 0 unspecified atom stereocenters. The lowest BCUT2D eigenvalue weighted by molar-refractivity contribution is 0.0463. The van der Waals surface area contributed by atoms with Crippen LogP contribution in [-0.4, -0.2) is 27.6 Å². The van der Waals surface area contributed by atoms with Crippen LogP contribution in [0, 0.1) is 0 Å². The maximum atomic E-state index is 12.1. The number of benzene rings is 1. The molecule has 0 saturated heterocycles. The number of phenols is 1. The van der Waals surface area contributed by atoms with E-state index in [0.717, 1.165) is 0 Å². The van der Waals surface area contributed by atoms with Crippen molar-refractivity contribution in [1.29, 1.82) is 0 Å². The van der Waals surface area contributed by atoms with Gasteiger partial charge in [0.2, 0.25) is 0 Å². The van der Waals surface area contributed by atoms with Crippen molar-refractivity contribution in [1.82, 2.24) is 9.38 Å². The summed E-state index contributed by atoms with van der Waals surface area (Å²) >= 11 is 0. The van der Waals surface area contributed by atoms with Crippen molar-refractivity contribution in [3.05, 3.63) is 70.3 Å². The molecular formula is C17H14N2O5. The average Bonchev–Trinajstić information content (AvgIpc) is 2.60. The SMILES string of the molecule is COc1cccc(C(=O)OCc2cc(=O)n3ccccc3n2)c1O. The molecule has 7 nitrogen and oxygen atoms in total. The van der Waals surface area contributed by atoms with Gasteiger partial charge in [-0.05, 0) is 24.3 Å². The second kappa shape index (κ2) is 6.41. The van der Waals surface area contributed by atoms with E-state index in [4.69, 9.17) is 9.47 Å². The Morgan fingerprint density at radius 3 is 2.88 bits per heavy atom. The third kappa shape index (κ3) is 2.91. The topological polar surface area (TPSA) is 90.1 Å². The molecule has 0 aliphatic heterocycles. The Morgan fingerprint density at radius 1 is 1.25 bits per heavy atom. The minimum Gasteiger partial charge on any atom is -0.504 e. The van der Waals surface area contributed by atoms with E-state index in [0.29, 0.717) is 11.3 Å². The fourth-order valence-corrected chi connectivity index (χ4v) is 2.25. The van der Waals surface area contributed by atoms with Crippen molar-refractivity contribution >= 4 is 11.6 Å². The van der Waals surface area contributed by atoms with Gasteiger partial charge >= 0.3 is 5.97 Å². The van der Waals surface area contributed by atoms with Crippen molar-refractivity contribution in [2.24, 2.45) is 0 Å². The molecule has 24 heavy (non-hydrogen) atoms. The first-order valence-electron chi connectivity index (χ1n) is 7.10. The van der Waals surface area contributed by atoms with E-state index in [1.54, 1.807) is 30.5 Å². The number of hydrogen-bond donors (Lipinski definition) is 1. The van der Waals surface area contributed by atoms with Crippen LogP contribution in [0.5, 0.6) is 11.5 Å². The van der Waals surface area contributed by atoms with Crippen LogP contribution in [0.25, 0.3) is 5.65 Å². The molecular weight excluding hydrogens is 312 g/mol. The number of rotatable bonds is 4. The van der Waals surface area contributed by atoms with Gasteiger partial charge in [-0.1, -0.05) is 12.1 Å². The largest absolute Gasteiger partial charge is 0.504 e. The summed E-state index contributed by atoms with van der Waals surface area (Å²) < 4.78 is 11.5. The number of phenolic OH excluding ortho intramolecular Hbond substituents is 1. The molecule has 0 amide bonds. The molecule has 0 radical (unpaired) electrons. The molecule has 3 rings (SSSR count). The monoisotopic (exact) mass is 326 g/mol. The van der Waals surface area contributed by atoms with Crippen LogP contribution in [0.3, 0.4) is 0 Å². The molecule has 2 aromatic heterocycles. The molecule has 122 valence electrons. The summed E-state index contributed by atoms with van der Waals surface area (Å²) in [6.45, 7) is -0.184. The number of hydrogen-bond acceptors (Lipinski definition) is 6. The number of esters is 1. The summed E-state index contributed by atoms with van der Waals surface area (Å²) in [7, 11) is 1.39. The predicted octanol–water partition coefficient (Wildman–Crippen LogP) is 1.77. The zero-order valence-electron chi connectivity index (χ0n) is 12.8. The zero-order chi connectivity index (χ0) is 17.1. The van der Waals surface area contributed by atoms with Crippen LogP contribution in [-0.2, 0) is 11.3 Å². The van der Waals surface area contributed by atoms with Gasteiger partial charge in [-0.3, -0.25) is 9.20 Å². The molecule has 0 saturated carbocycles. The van der Waals surface area contributed by atoms with E-state index in [-0.39, 0.29) is 29.2 Å². The van der Waals surface area contributed by atoms with Crippen LogP contribution >= 0.6 is 0 Å². The Balaban J connectivity index is 1.81. The highest BCUT2D eigenvalue weighted by Gasteiger charge is 2.16. The summed E-state index contributed by atoms with van der Waals surface area (Å²) in [6, 6.07) is 11.0. The van der Waals surface area contributed by atoms with Crippen LogP contribution < -0.4 is 10.3 Å². The minimum absolute atomic E-state index is 0.0214. The predicted molar refractivity (Wildman–Crippen MR) is 85.2 cm³/mol. The Labute approximate surface area is 136 Å². The quantitative estimate of drug-likeness (QED) is 0.735. The smallest absolute Gasteiger partial charge is 0.342 e. The summed E-state index contributed by atoms with van der Waals surface area (Å²) in [5.74, 6) is -0.857. The molecule has 0 atom stereocenters. The normalized spacial score (nSPS) is 10.5. The molecule has 2 heterocycles. The van der Waals surface area contributed by atoms with E-state index in [1.165, 1.54) is 29.7 Å². The number of carbonyl (C=O) groups excluding carboxylic acids is 1. The Kier molecular flexibility index (Phi) is 4.15. The van der Waals surface area contributed by atoms with Crippen molar-refractivity contribution < 1.29 is 19.4 Å². The average molecular weight is 326 g/mol. The number of aromatic hydroxyl groups is 1. The number of para-hydroxylation sites is 1. The second-order valence-electron chi connectivity index (χ2n) is 4.95. The fourth-order valence-electron chi connectivity index (χ4n) is 2.25. The maximum absolute atomic E-state index is 12.1. The highest BCUT2D eigenvalue weighted by atomic mass is 16.5. The molecule has 7 heteroatoms. The number of carbonyl (C=O) groups is 1. The van der Waals surface area contributed by atoms with Gasteiger partial charge in [0.25, 0.3) is 5.56 Å². The van der Waals surface area contributed by atoms with E-state index < -0.39 is 5.97 Å². The number of pyridine rings is 1. The van der Waals surface area contributed by atoms with Crippen LogP contribution in [0.15, 0.2) is 53.5 Å². The first kappa shape index (κ1) is 15.5. The summed E-state index contributed by atoms with van der Waals surface area (Å²) in [5, 5.41) is 9.95. The number of methoxy groups -OCH3 is 1. The third-order valence-electron chi connectivity index (χ3n) is 3.41. The van der Waals surface area contributed by atoms with Crippen molar-refractivity contribution in [2.45, 2.75) is 6.61 Å². The van der Waals surface area contributed by atoms with Gasteiger partial charge in [0.1, 0.15) is 17.8 Å². The second-order valence-corrected chi connectivity index (χ2v) is 4.95. The summed E-state index contributed by atoms with van der Waals surface area (Å²) in [5.41, 5.74) is 0.491.